The predicted molar refractivity (Wildman–Crippen MR) is 86.4 cm³/mol. The first-order valence-electron chi connectivity index (χ1n) is 6.85. The van der Waals surface area contributed by atoms with E-state index in [-0.39, 0.29) is 5.75 Å². The summed E-state index contributed by atoms with van der Waals surface area (Å²) in [6.45, 7) is 3.70. The number of aromatic nitrogens is 1. The average Bonchev–Trinajstić information content (AvgIpc) is 2.50. The molecule has 0 bridgehead atoms. The number of benzene rings is 1. The molecule has 0 unspecified atom stereocenters. The van der Waals surface area contributed by atoms with Gasteiger partial charge in [0.25, 0.3) is 0 Å². The van der Waals surface area contributed by atoms with E-state index in [4.69, 9.17) is 0 Å². The molecule has 0 amide bonds. The Morgan fingerprint density at radius 3 is 2.19 bits per heavy atom. The summed E-state index contributed by atoms with van der Waals surface area (Å²) in [7, 11) is -3.26. The molecule has 2 aromatic rings. The zero-order valence-corrected chi connectivity index (χ0v) is 12.9. The molecule has 0 saturated heterocycles. The van der Waals surface area contributed by atoms with Crippen LogP contribution in [0.2, 0.25) is 0 Å². The molecule has 0 radical (unpaired) electrons. The fraction of sp³-hybridized carbons (Fsp3) is 0.267. The largest absolute Gasteiger partial charge is 0.340 e. The molecule has 2 N–H and O–H groups in total. The van der Waals surface area contributed by atoms with Crippen LogP contribution in [0.25, 0.3) is 0 Å². The smallest absolute Gasteiger partial charge is 0.232 e. The highest BCUT2D eigenvalue weighted by Crippen LogP contribution is 2.17. The number of rotatable bonds is 6. The normalized spacial score (nSPS) is 11.1. The molecule has 0 aliphatic heterocycles. The van der Waals surface area contributed by atoms with Gasteiger partial charge in [0.05, 0.1) is 17.6 Å². The van der Waals surface area contributed by atoms with Crippen molar-refractivity contribution in [2.45, 2.75) is 20.3 Å². The Morgan fingerprint density at radius 2 is 1.67 bits per heavy atom. The molecule has 2 rings (SSSR count). The number of aryl methyl sites for hydroxylation is 1. The maximum atomic E-state index is 11.5. The lowest BCUT2D eigenvalue weighted by Crippen LogP contribution is -2.14. The van der Waals surface area contributed by atoms with E-state index >= 15 is 0 Å². The van der Waals surface area contributed by atoms with Gasteiger partial charge in [-0.25, -0.2) is 13.4 Å². The van der Waals surface area contributed by atoms with Gasteiger partial charge in [0.1, 0.15) is 5.82 Å². The van der Waals surface area contributed by atoms with Crippen molar-refractivity contribution in [2.75, 3.05) is 15.8 Å². The third-order valence-corrected chi connectivity index (χ3v) is 4.36. The third kappa shape index (κ3) is 4.46. The molecule has 0 atom stereocenters. The first kappa shape index (κ1) is 15.3. The van der Waals surface area contributed by atoms with Gasteiger partial charge in [-0.05, 0) is 43.2 Å². The van der Waals surface area contributed by atoms with Crippen LogP contribution in [0.1, 0.15) is 19.4 Å². The lowest BCUT2D eigenvalue weighted by atomic mass is 10.1. The second-order valence-electron chi connectivity index (χ2n) is 4.61. The summed E-state index contributed by atoms with van der Waals surface area (Å²) in [5, 5.41) is 3.17. The quantitative estimate of drug-likeness (QED) is 0.860. The van der Waals surface area contributed by atoms with Gasteiger partial charge in [-0.15, -0.1) is 0 Å². The van der Waals surface area contributed by atoms with Crippen LogP contribution in [-0.2, 0) is 16.4 Å². The van der Waals surface area contributed by atoms with E-state index in [0.29, 0.717) is 11.5 Å². The number of anilines is 3. The maximum absolute atomic E-state index is 11.5. The van der Waals surface area contributed by atoms with Gasteiger partial charge in [-0.1, -0.05) is 19.1 Å². The molecule has 0 fully saturated rings. The van der Waals surface area contributed by atoms with Crippen molar-refractivity contribution in [3.8, 4) is 0 Å². The number of pyridine rings is 1. The van der Waals surface area contributed by atoms with Gasteiger partial charge >= 0.3 is 0 Å². The molecule has 0 spiro atoms. The van der Waals surface area contributed by atoms with Crippen molar-refractivity contribution < 1.29 is 8.42 Å². The molecule has 112 valence electrons. The van der Waals surface area contributed by atoms with Crippen LogP contribution >= 0.6 is 0 Å². The molecule has 1 aromatic carbocycles. The molecule has 1 aromatic heterocycles. The van der Waals surface area contributed by atoms with Crippen LogP contribution in [0.3, 0.4) is 0 Å². The summed E-state index contributed by atoms with van der Waals surface area (Å²) in [4.78, 5) is 4.20. The summed E-state index contributed by atoms with van der Waals surface area (Å²) in [5.74, 6) is 0.704. The Hall–Kier alpha value is -2.08. The van der Waals surface area contributed by atoms with E-state index in [9.17, 15) is 8.42 Å². The van der Waals surface area contributed by atoms with Crippen LogP contribution in [0.15, 0.2) is 42.6 Å². The second-order valence-corrected chi connectivity index (χ2v) is 6.62. The van der Waals surface area contributed by atoms with E-state index < -0.39 is 10.0 Å². The summed E-state index contributed by atoms with van der Waals surface area (Å²) in [6.07, 6.45) is 2.50. The Kier molecular flexibility index (Phi) is 4.80. The van der Waals surface area contributed by atoms with Crippen molar-refractivity contribution in [1.29, 1.82) is 0 Å². The van der Waals surface area contributed by atoms with Crippen LogP contribution in [0, 0.1) is 0 Å². The van der Waals surface area contributed by atoms with Crippen LogP contribution in [-0.4, -0.2) is 19.2 Å². The van der Waals surface area contributed by atoms with Gasteiger partial charge in [0.15, 0.2) is 0 Å². The van der Waals surface area contributed by atoms with E-state index in [1.807, 2.05) is 12.1 Å². The van der Waals surface area contributed by atoms with Crippen molar-refractivity contribution in [3.63, 3.8) is 0 Å². The van der Waals surface area contributed by atoms with Crippen molar-refractivity contribution >= 4 is 27.2 Å². The Bertz CT molecular complexity index is 680. The molecular weight excluding hydrogens is 286 g/mol. The Balaban J connectivity index is 2.05. The van der Waals surface area contributed by atoms with Crippen molar-refractivity contribution in [2.24, 2.45) is 0 Å². The van der Waals surface area contributed by atoms with Gasteiger partial charge in [-0.3, -0.25) is 4.72 Å². The molecule has 0 saturated carbocycles. The molecule has 1 heterocycles. The summed E-state index contributed by atoms with van der Waals surface area (Å²) in [6, 6.07) is 11.5. The number of nitrogens with zero attached hydrogens (tertiary/aromatic N) is 1. The SMILES string of the molecule is CCc1ccc(Nc2ccc(NS(=O)(=O)CC)cn2)cc1. The molecule has 5 nitrogen and oxygen atoms in total. The zero-order valence-electron chi connectivity index (χ0n) is 12.1. The standard InChI is InChI=1S/C15H19N3O2S/c1-3-12-5-7-13(8-6-12)17-15-10-9-14(11-16-15)18-21(19,20)4-2/h5-11,18H,3-4H2,1-2H3,(H,16,17). The van der Waals surface area contributed by atoms with Gasteiger partial charge < -0.3 is 5.32 Å². The summed E-state index contributed by atoms with van der Waals surface area (Å²) >= 11 is 0. The van der Waals surface area contributed by atoms with E-state index in [2.05, 4.69) is 34.1 Å². The first-order valence-corrected chi connectivity index (χ1v) is 8.50. The van der Waals surface area contributed by atoms with Gasteiger partial charge in [-0.2, -0.15) is 0 Å². The van der Waals surface area contributed by atoms with Gasteiger partial charge in [0.2, 0.25) is 10.0 Å². The van der Waals surface area contributed by atoms with Crippen molar-refractivity contribution in [3.05, 3.63) is 48.2 Å². The minimum absolute atomic E-state index is 0.0385. The van der Waals surface area contributed by atoms with Crippen LogP contribution in [0.5, 0.6) is 0 Å². The summed E-state index contributed by atoms with van der Waals surface area (Å²) < 4.78 is 25.4. The van der Waals surface area contributed by atoms with E-state index in [1.165, 1.54) is 11.8 Å². The highest BCUT2D eigenvalue weighted by molar-refractivity contribution is 7.92. The van der Waals surface area contributed by atoms with E-state index in [0.717, 1.165) is 12.1 Å². The Labute approximate surface area is 125 Å². The highest BCUT2D eigenvalue weighted by atomic mass is 32.2. The summed E-state index contributed by atoms with van der Waals surface area (Å²) in [5.41, 5.74) is 2.68. The minimum Gasteiger partial charge on any atom is -0.340 e. The number of hydrogen-bond donors (Lipinski definition) is 2. The van der Waals surface area contributed by atoms with Crippen LogP contribution in [0.4, 0.5) is 17.2 Å². The molecule has 21 heavy (non-hydrogen) atoms. The fourth-order valence-electron chi connectivity index (χ4n) is 1.75. The Morgan fingerprint density at radius 1 is 1.00 bits per heavy atom. The molecular formula is C15H19N3O2S. The lowest BCUT2D eigenvalue weighted by molar-refractivity contribution is 0.602. The highest BCUT2D eigenvalue weighted by Gasteiger charge is 2.06. The number of nitrogens with one attached hydrogen (secondary N) is 2. The average molecular weight is 305 g/mol. The topological polar surface area (TPSA) is 71.1 Å². The molecule has 0 aliphatic carbocycles. The second kappa shape index (κ2) is 6.58. The predicted octanol–water partition coefficient (Wildman–Crippen LogP) is 3.15. The molecule has 0 aliphatic rings. The lowest BCUT2D eigenvalue weighted by Gasteiger charge is -2.08. The zero-order chi connectivity index (χ0) is 15.3. The third-order valence-electron chi connectivity index (χ3n) is 3.05. The number of sulfonamides is 1. The monoisotopic (exact) mass is 305 g/mol. The maximum Gasteiger partial charge on any atom is 0.232 e. The van der Waals surface area contributed by atoms with Crippen LogP contribution < -0.4 is 10.0 Å². The van der Waals surface area contributed by atoms with Gasteiger partial charge in [0, 0.05) is 5.69 Å². The fourth-order valence-corrected chi connectivity index (χ4v) is 2.38. The molecule has 6 heteroatoms. The minimum atomic E-state index is -3.26. The first-order chi connectivity index (χ1) is 10.0. The number of hydrogen-bond acceptors (Lipinski definition) is 4. The van der Waals surface area contributed by atoms with Crippen molar-refractivity contribution in [1.82, 2.24) is 4.98 Å². The van der Waals surface area contributed by atoms with E-state index in [1.54, 1.807) is 19.1 Å².